The fraction of sp³-hybridized carbons (Fsp3) is 0. The van der Waals surface area contributed by atoms with Gasteiger partial charge in [0.2, 0.25) is 0 Å². The number of rotatable bonds is 7. The molecule has 0 aliphatic carbocycles. The van der Waals surface area contributed by atoms with Crippen LogP contribution in [0.4, 0.5) is 0 Å². The molecule has 15 aromatic carbocycles. The average molecular weight is 1240 g/mol. The van der Waals surface area contributed by atoms with Crippen LogP contribution in [-0.2, 0) is 0 Å². The molecule has 0 radical (unpaired) electrons. The highest BCUT2D eigenvalue weighted by molar-refractivity contribution is 7.26. The van der Waals surface area contributed by atoms with E-state index >= 15 is 0 Å². The van der Waals surface area contributed by atoms with Crippen molar-refractivity contribution in [2.45, 2.75) is 0 Å². The summed E-state index contributed by atoms with van der Waals surface area (Å²) >= 11 is 1.88. The smallest absolute Gasteiger partial charge is 0.145 e. The Labute approximate surface area is 555 Å². The lowest BCUT2D eigenvalue weighted by atomic mass is 9.99. The van der Waals surface area contributed by atoms with Crippen LogP contribution in [0.3, 0.4) is 0 Å². The highest BCUT2D eigenvalue weighted by atomic mass is 32.1. The van der Waals surface area contributed by atoms with Gasteiger partial charge in [0.15, 0.2) is 0 Å². The van der Waals surface area contributed by atoms with Gasteiger partial charge in [0, 0.05) is 80.3 Å². The highest BCUT2D eigenvalue weighted by Crippen LogP contribution is 2.45. The van der Waals surface area contributed by atoms with E-state index in [0.717, 1.165) is 77.1 Å². The van der Waals surface area contributed by atoms with Gasteiger partial charge in [-0.15, -0.1) is 11.3 Å². The quantitative estimate of drug-likeness (QED) is 0.160. The molecule has 0 spiro atoms. The largest absolute Gasteiger partial charge is 0.455 e. The third kappa shape index (κ3) is 8.42. The second kappa shape index (κ2) is 21.6. The second-order valence-electron chi connectivity index (χ2n) is 25.0. The first-order valence-electron chi connectivity index (χ1n) is 32.7. The zero-order valence-electron chi connectivity index (χ0n) is 51.8. The monoisotopic (exact) mass is 1240 g/mol. The van der Waals surface area contributed by atoms with Crippen molar-refractivity contribution in [3.63, 3.8) is 0 Å². The number of fused-ring (bicyclic) bond motifs is 20. The van der Waals surface area contributed by atoms with Crippen LogP contribution in [0.2, 0.25) is 0 Å². The fourth-order valence-electron chi connectivity index (χ4n) is 15.3. The van der Waals surface area contributed by atoms with Gasteiger partial charge in [-0.05, 0) is 154 Å². The summed E-state index contributed by atoms with van der Waals surface area (Å²) < 4.78 is 22.7. The predicted octanol–water partition coefficient (Wildman–Crippen LogP) is 25.5. The molecule has 0 aliphatic rings. The van der Waals surface area contributed by atoms with E-state index < -0.39 is 0 Å². The Kier molecular flexibility index (Phi) is 12.1. The molecule has 96 heavy (non-hydrogen) atoms. The Morgan fingerprint density at radius 2 is 0.594 bits per heavy atom. The number of nitrogens with zero attached hydrogens (tertiary/aromatic N) is 3. The van der Waals surface area contributed by atoms with E-state index in [0.29, 0.717) is 0 Å². The number of thiophene rings is 1. The van der Waals surface area contributed by atoms with Gasteiger partial charge >= 0.3 is 0 Å². The van der Waals surface area contributed by atoms with Crippen LogP contribution in [0.25, 0.3) is 191 Å². The molecule has 0 atom stereocenters. The Morgan fingerprint density at radius 1 is 0.219 bits per heavy atom. The Bertz CT molecular complexity index is 6660. The lowest BCUT2D eigenvalue weighted by molar-refractivity contribution is 0.672. The van der Waals surface area contributed by atoms with Gasteiger partial charge < -0.3 is 22.5 Å². The van der Waals surface area contributed by atoms with Crippen molar-refractivity contribution in [1.82, 2.24) is 13.7 Å². The number of para-hydroxylation sites is 6. The van der Waals surface area contributed by atoms with Crippen LogP contribution in [0.15, 0.2) is 342 Å². The van der Waals surface area contributed by atoms with Gasteiger partial charge in [-0.1, -0.05) is 224 Å². The van der Waals surface area contributed by atoms with E-state index in [1.165, 1.54) is 114 Å². The van der Waals surface area contributed by atoms with E-state index in [2.05, 4.69) is 335 Å². The molecule has 5 nitrogen and oxygen atoms in total. The molecule has 6 heterocycles. The van der Waals surface area contributed by atoms with Crippen molar-refractivity contribution >= 4 is 141 Å². The third-order valence-electron chi connectivity index (χ3n) is 19.8. The van der Waals surface area contributed by atoms with Crippen molar-refractivity contribution in [3.8, 4) is 61.6 Å². The number of hydrogen-bond donors (Lipinski definition) is 0. The molecule has 0 unspecified atom stereocenters. The Hall–Kier alpha value is -12.5. The van der Waals surface area contributed by atoms with E-state index in [-0.39, 0.29) is 0 Å². The molecule has 6 heteroatoms. The van der Waals surface area contributed by atoms with Crippen LogP contribution in [0, 0.1) is 0 Å². The summed E-state index contributed by atoms with van der Waals surface area (Å²) in [5.41, 5.74) is 24.0. The fourth-order valence-corrected chi connectivity index (χ4v) is 16.5. The van der Waals surface area contributed by atoms with E-state index in [1.54, 1.807) is 0 Å². The molecular formula is C90H55N3O2S. The van der Waals surface area contributed by atoms with Crippen molar-refractivity contribution in [1.29, 1.82) is 0 Å². The minimum atomic E-state index is 0.920. The zero-order chi connectivity index (χ0) is 63.0. The van der Waals surface area contributed by atoms with Gasteiger partial charge in [0.1, 0.15) is 22.3 Å². The lowest BCUT2D eigenvalue weighted by Gasteiger charge is -2.10. The standard InChI is InChI=1S/C48H30N2O.C42H25NOS/c1-2-10-35(11-3-1)49-42-15-7-4-12-37(42)41-30-34(24-28-44(41)49)33-20-18-31(19-21-33)32-22-25-36(26-23-32)50-43-16-8-5-14-40(43)47-45(50)29-27-39-38-13-6-9-17-46(38)51-48(39)47;1-4-13-36-35(10-1)40-37(25-24-33-31-8-2-5-14-38(31)44-41(33)40)43(36)29-22-20-27(21-23-29)26-16-18-28(19-17-26)30-11-7-12-34-32-9-3-6-15-39(32)45-42(30)34/h1-30H;1-25H. The molecule has 0 aliphatic heterocycles. The molecule has 448 valence electrons. The van der Waals surface area contributed by atoms with Crippen LogP contribution < -0.4 is 0 Å². The van der Waals surface area contributed by atoms with E-state index in [1.807, 2.05) is 23.5 Å². The summed E-state index contributed by atoms with van der Waals surface area (Å²) in [4.78, 5) is 0. The summed E-state index contributed by atoms with van der Waals surface area (Å²) in [5.74, 6) is 0. The molecular weight excluding hydrogens is 1190 g/mol. The summed E-state index contributed by atoms with van der Waals surface area (Å²) in [7, 11) is 0. The van der Waals surface area contributed by atoms with Gasteiger partial charge in [-0.3, -0.25) is 0 Å². The second-order valence-corrected chi connectivity index (χ2v) is 26.1. The Morgan fingerprint density at radius 3 is 1.15 bits per heavy atom. The van der Waals surface area contributed by atoms with E-state index in [9.17, 15) is 0 Å². The third-order valence-corrected chi connectivity index (χ3v) is 21.0. The molecule has 0 bridgehead atoms. The SMILES string of the molecule is c1ccc(-n2c3ccccc3c3cc(-c4ccc(-c5ccc(-n6c7ccccc7c7c8oc9ccccc9c8ccc76)cc5)cc4)ccc32)cc1.c1ccc2c(c1)oc1c2ccc2c1c1ccccc1n2-c1ccc(-c2ccc(-c3cccc4c3sc3ccccc34)cc2)cc1. The molecule has 6 aromatic heterocycles. The predicted molar refractivity (Wildman–Crippen MR) is 405 cm³/mol. The van der Waals surface area contributed by atoms with Crippen molar-refractivity contribution in [2.24, 2.45) is 0 Å². The van der Waals surface area contributed by atoms with Crippen molar-refractivity contribution < 1.29 is 8.83 Å². The average Bonchev–Trinajstić information content (AvgIpc) is 1.56. The first-order valence-corrected chi connectivity index (χ1v) is 33.5. The maximum absolute atomic E-state index is 6.49. The van der Waals surface area contributed by atoms with E-state index in [4.69, 9.17) is 8.83 Å². The number of benzene rings is 15. The van der Waals surface area contributed by atoms with Gasteiger partial charge in [0.05, 0.1) is 43.9 Å². The van der Waals surface area contributed by atoms with Gasteiger partial charge in [-0.2, -0.15) is 0 Å². The normalized spacial score (nSPS) is 12.0. The van der Waals surface area contributed by atoms with Gasteiger partial charge in [0.25, 0.3) is 0 Å². The molecule has 0 saturated carbocycles. The van der Waals surface area contributed by atoms with Crippen molar-refractivity contribution in [3.05, 3.63) is 334 Å². The van der Waals surface area contributed by atoms with Crippen LogP contribution in [0.1, 0.15) is 0 Å². The van der Waals surface area contributed by atoms with Crippen LogP contribution in [0.5, 0.6) is 0 Å². The topological polar surface area (TPSA) is 41.1 Å². The molecule has 0 N–H and O–H groups in total. The molecule has 0 saturated heterocycles. The highest BCUT2D eigenvalue weighted by Gasteiger charge is 2.22. The first-order chi connectivity index (χ1) is 47.6. The maximum Gasteiger partial charge on any atom is 0.145 e. The summed E-state index contributed by atoms with van der Waals surface area (Å²) in [6.07, 6.45) is 0. The Balaban J connectivity index is 0.000000132. The van der Waals surface area contributed by atoms with Crippen LogP contribution >= 0.6 is 11.3 Å². The summed E-state index contributed by atoms with van der Waals surface area (Å²) in [5, 5.41) is 14.5. The zero-order valence-corrected chi connectivity index (χ0v) is 52.6. The van der Waals surface area contributed by atoms with Gasteiger partial charge in [-0.25, -0.2) is 0 Å². The number of furan rings is 2. The first kappa shape index (κ1) is 54.1. The molecule has 21 rings (SSSR count). The maximum atomic E-state index is 6.49. The lowest BCUT2D eigenvalue weighted by Crippen LogP contribution is -1.93. The molecule has 0 amide bonds. The minimum Gasteiger partial charge on any atom is -0.455 e. The van der Waals surface area contributed by atoms with Crippen molar-refractivity contribution in [2.75, 3.05) is 0 Å². The summed E-state index contributed by atoms with van der Waals surface area (Å²) in [6.45, 7) is 0. The molecule has 21 aromatic rings. The summed E-state index contributed by atoms with van der Waals surface area (Å²) in [6, 6.07) is 120. The van der Waals surface area contributed by atoms with Crippen LogP contribution in [-0.4, -0.2) is 13.7 Å². The molecule has 0 fully saturated rings. The minimum absolute atomic E-state index is 0.920. The number of hydrogen-bond acceptors (Lipinski definition) is 3. The number of aromatic nitrogens is 3.